The van der Waals surface area contributed by atoms with Crippen LogP contribution < -0.4 is 5.73 Å². The number of allylic oxidation sites excluding steroid dienone is 1. The topological polar surface area (TPSA) is 63.3 Å². The third-order valence-corrected chi connectivity index (χ3v) is 2.23. The van der Waals surface area contributed by atoms with E-state index in [1.165, 1.54) is 0 Å². The van der Waals surface area contributed by atoms with Crippen LogP contribution in [0, 0.1) is 0 Å². The van der Waals surface area contributed by atoms with Gasteiger partial charge in [-0.25, -0.2) is 0 Å². The highest BCUT2D eigenvalue weighted by Gasteiger charge is 2.15. The van der Waals surface area contributed by atoms with Crippen molar-refractivity contribution in [3.05, 3.63) is 11.3 Å². The van der Waals surface area contributed by atoms with Crippen LogP contribution in [-0.4, -0.2) is 16.4 Å². The molecule has 0 fully saturated rings. The summed E-state index contributed by atoms with van der Waals surface area (Å²) in [4.78, 5) is 10.6. The maximum atomic E-state index is 10.6. The van der Waals surface area contributed by atoms with Crippen molar-refractivity contribution >= 4 is 17.5 Å². The van der Waals surface area contributed by atoms with E-state index >= 15 is 0 Å². The predicted molar refractivity (Wildman–Crippen MR) is 49.1 cm³/mol. The molecule has 1 amide bonds. The molecule has 0 bridgehead atoms. The van der Waals surface area contributed by atoms with Crippen LogP contribution in [0.2, 0.25) is 0 Å². The van der Waals surface area contributed by atoms with Gasteiger partial charge < -0.3 is 10.8 Å². The number of alkyl halides is 1. The van der Waals surface area contributed by atoms with Gasteiger partial charge in [0.2, 0.25) is 0 Å². The molecule has 0 saturated heterocycles. The van der Waals surface area contributed by atoms with Crippen molar-refractivity contribution in [1.82, 2.24) is 0 Å². The van der Waals surface area contributed by atoms with Crippen molar-refractivity contribution in [2.45, 2.75) is 32.1 Å². The van der Waals surface area contributed by atoms with Crippen LogP contribution in [0.4, 0.5) is 0 Å². The standard InChI is InChI=1S/C8H14ClNO2/c1-3-5(6(9)4-2)7(11)8(10)12/h6,11H,3-4H2,1-2H3,(H2,10,12)/b7-5+. The van der Waals surface area contributed by atoms with Crippen molar-refractivity contribution in [2.24, 2.45) is 5.73 Å². The Morgan fingerprint density at radius 1 is 1.58 bits per heavy atom. The molecule has 0 aromatic rings. The second kappa shape index (κ2) is 5.04. The molecule has 0 radical (unpaired) electrons. The van der Waals surface area contributed by atoms with E-state index in [9.17, 15) is 9.90 Å². The third-order valence-electron chi connectivity index (χ3n) is 1.65. The van der Waals surface area contributed by atoms with E-state index < -0.39 is 5.91 Å². The average molecular weight is 192 g/mol. The molecule has 0 spiro atoms. The number of aliphatic hydroxyl groups excluding tert-OH is 1. The zero-order chi connectivity index (χ0) is 9.72. The van der Waals surface area contributed by atoms with Crippen LogP contribution in [0.25, 0.3) is 0 Å². The highest BCUT2D eigenvalue weighted by atomic mass is 35.5. The van der Waals surface area contributed by atoms with Gasteiger partial charge in [0.1, 0.15) is 0 Å². The summed E-state index contributed by atoms with van der Waals surface area (Å²) in [5.41, 5.74) is 5.42. The van der Waals surface area contributed by atoms with Crippen molar-refractivity contribution < 1.29 is 9.90 Å². The number of carbonyl (C=O) groups is 1. The van der Waals surface area contributed by atoms with E-state index in [2.05, 4.69) is 0 Å². The number of rotatable bonds is 4. The number of amides is 1. The first-order chi connectivity index (χ1) is 5.54. The molecule has 0 saturated carbocycles. The van der Waals surface area contributed by atoms with E-state index in [1.54, 1.807) is 0 Å². The first kappa shape index (κ1) is 11.3. The van der Waals surface area contributed by atoms with Gasteiger partial charge in [-0.1, -0.05) is 13.8 Å². The number of aliphatic hydroxyl groups is 1. The van der Waals surface area contributed by atoms with Gasteiger partial charge in [-0.3, -0.25) is 4.79 Å². The van der Waals surface area contributed by atoms with E-state index in [0.29, 0.717) is 18.4 Å². The van der Waals surface area contributed by atoms with Crippen molar-refractivity contribution in [1.29, 1.82) is 0 Å². The summed E-state index contributed by atoms with van der Waals surface area (Å²) in [6.07, 6.45) is 1.21. The molecule has 4 heteroatoms. The monoisotopic (exact) mass is 191 g/mol. The summed E-state index contributed by atoms with van der Waals surface area (Å²) in [7, 11) is 0. The van der Waals surface area contributed by atoms with E-state index in [4.69, 9.17) is 17.3 Å². The van der Waals surface area contributed by atoms with Gasteiger partial charge in [-0.05, 0) is 18.4 Å². The van der Waals surface area contributed by atoms with Gasteiger partial charge in [-0.2, -0.15) is 0 Å². The van der Waals surface area contributed by atoms with Gasteiger partial charge in [-0.15, -0.1) is 11.6 Å². The molecule has 0 heterocycles. The quantitative estimate of drug-likeness (QED) is 0.404. The second-order valence-corrected chi connectivity index (χ2v) is 2.99. The lowest BCUT2D eigenvalue weighted by Gasteiger charge is -2.10. The maximum Gasteiger partial charge on any atom is 0.283 e. The molecule has 3 nitrogen and oxygen atoms in total. The summed E-state index contributed by atoms with van der Waals surface area (Å²) in [5, 5.41) is 8.91. The molecule has 1 atom stereocenters. The Morgan fingerprint density at radius 3 is 2.33 bits per heavy atom. The Bertz CT molecular complexity index is 201. The van der Waals surface area contributed by atoms with Crippen LogP contribution in [0.3, 0.4) is 0 Å². The Hall–Kier alpha value is -0.700. The molecule has 12 heavy (non-hydrogen) atoms. The number of nitrogens with two attached hydrogens (primary N) is 1. The average Bonchev–Trinajstić information content (AvgIpc) is 2.05. The first-order valence-corrected chi connectivity index (χ1v) is 4.34. The summed E-state index contributed by atoms with van der Waals surface area (Å²) in [6.45, 7) is 3.70. The van der Waals surface area contributed by atoms with Crippen LogP contribution in [0.15, 0.2) is 11.3 Å². The van der Waals surface area contributed by atoms with Crippen molar-refractivity contribution in [3.8, 4) is 0 Å². The van der Waals surface area contributed by atoms with Crippen LogP contribution in [-0.2, 0) is 4.79 Å². The molecule has 0 rings (SSSR count). The lowest BCUT2D eigenvalue weighted by atomic mass is 10.1. The van der Waals surface area contributed by atoms with Crippen LogP contribution in [0.5, 0.6) is 0 Å². The van der Waals surface area contributed by atoms with Gasteiger partial charge in [0.05, 0.1) is 5.38 Å². The zero-order valence-electron chi connectivity index (χ0n) is 7.30. The molecule has 0 aromatic heterocycles. The number of hydrogen-bond acceptors (Lipinski definition) is 2. The third kappa shape index (κ3) is 2.74. The van der Waals surface area contributed by atoms with E-state index in [1.807, 2.05) is 13.8 Å². The predicted octanol–water partition coefficient (Wildman–Crippen LogP) is 1.71. The van der Waals surface area contributed by atoms with E-state index in [0.717, 1.165) is 0 Å². The smallest absolute Gasteiger partial charge is 0.283 e. The summed E-state index contributed by atoms with van der Waals surface area (Å²) in [5.74, 6) is -1.20. The fourth-order valence-corrected chi connectivity index (χ4v) is 1.20. The fraction of sp³-hybridized carbons (Fsp3) is 0.625. The first-order valence-electron chi connectivity index (χ1n) is 3.90. The molecule has 0 aliphatic heterocycles. The van der Waals surface area contributed by atoms with Gasteiger partial charge >= 0.3 is 0 Å². The molecule has 3 N–H and O–H groups in total. The molecular weight excluding hydrogens is 178 g/mol. The van der Waals surface area contributed by atoms with Crippen LogP contribution in [0.1, 0.15) is 26.7 Å². The normalized spacial score (nSPS) is 15.2. The lowest BCUT2D eigenvalue weighted by molar-refractivity contribution is -0.117. The lowest BCUT2D eigenvalue weighted by Crippen LogP contribution is -2.18. The highest BCUT2D eigenvalue weighted by Crippen LogP contribution is 2.19. The number of primary amides is 1. The maximum absolute atomic E-state index is 10.6. The molecular formula is C8H14ClNO2. The van der Waals surface area contributed by atoms with Crippen molar-refractivity contribution in [2.75, 3.05) is 0 Å². The summed E-state index contributed by atoms with van der Waals surface area (Å²) in [6, 6.07) is 0. The summed E-state index contributed by atoms with van der Waals surface area (Å²) < 4.78 is 0. The number of hydrogen-bond donors (Lipinski definition) is 2. The fourth-order valence-electron chi connectivity index (χ4n) is 0.942. The summed E-state index contributed by atoms with van der Waals surface area (Å²) >= 11 is 5.84. The van der Waals surface area contributed by atoms with Crippen molar-refractivity contribution in [3.63, 3.8) is 0 Å². The van der Waals surface area contributed by atoms with Crippen LogP contribution >= 0.6 is 11.6 Å². The Labute approximate surface area is 77.2 Å². The highest BCUT2D eigenvalue weighted by molar-refractivity contribution is 6.22. The largest absolute Gasteiger partial charge is 0.503 e. The van der Waals surface area contributed by atoms with Gasteiger partial charge in [0.15, 0.2) is 5.76 Å². The Kier molecular flexibility index (Phi) is 4.74. The Balaban J connectivity index is 4.72. The number of halogens is 1. The minimum Gasteiger partial charge on any atom is -0.503 e. The molecule has 0 aliphatic rings. The number of carbonyl (C=O) groups excluding carboxylic acids is 1. The Morgan fingerprint density at radius 2 is 2.08 bits per heavy atom. The molecule has 0 aliphatic carbocycles. The second-order valence-electron chi connectivity index (χ2n) is 2.47. The molecule has 0 aromatic carbocycles. The molecule has 70 valence electrons. The SMILES string of the molecule is CC/C(=C(\O)C(N)=O)C(Cl)CC. The minimum absolute atomic E-state index is 0.303. The molecule has 1 unspecified atom stereocenters. The van der Waals surface area contributed by atoms with Gasteiger partial charge in [0.25, 0.3) is 5.91 Å². The zero-order valence-corrected chi connectivity index (χ0v) is 8.06. The van der Waals surface area contributed by atoms with E-state index in [-0.39, 0.29) is 11.1 Å². The van der Waals surface area contributed by atoms with Gasteiger partial charge in [0, 0.05) is 0 Å². The minimum atomic E-state index is -0.814.